The van der Waals surface area contributed by atoms with Gasteiger partial charge in [-0.15, -0.1) is 0 Å². The molecule has 1 heterocycles. The van der Waals surface area contributed by atoms with Crippen LogP contribution in [0.2, 0.25) is 0 Å². The van der Waals surface area contributed by atoms with Crippen LogP contribution in [0.3, 0.4) is 0 Å². The Bertz CT molecular complexity index is 137. The smallest absolute Gasteiger partial charge is 0.0491 e. The Morgan fingerprint density at radius 1 is 1.17 bits per heavy atom. The normalized spacial score (nSPS) is 27.8. The first-order valence-electron chi connectivity index (χ1n) is 5.13. The maximum Gasteiger partial charge on any atom is 0.0491 e. The van der Waals surface area contributed by atoms with Crippen molar-refractivity contribution in [1.29, 1.82) is 0 Å². The van der Waals surface area contributed by atoms with Gasteiger partial charge in [0.05, 0.1) is 0 Å². The fourth-order valence-corrected chi connectivity index (χ4v) is 2.16. The van der Waals surface area contributed by atoms with E-state index in [9.17, 15) is 0 Å². The molecule has 2 heteroatoms. The second kappa shape index (κ2) is 3.75. The molecule has 2 fully saturated rings. The predicted molar refractivity (Wildman–Crippen MR) is 49.2 cm³/mol. The van der Waals surface area contributed by atoms with Gasteiger partial charge >= 0.3 is 0 Å². The van der Waals surface area contributed by atoms with Crippen LogP contribution in [0.15, 0.2) is 0 Å². The highest BCUT2D eigenvalue weighted by molar-refractivity contribution is 4.87. The van der Waals surface area contributed by atoms with E-state index >= 15 is 0 Å². The summed E-state index contributed by atoms with van der Waals surface area (Å²) in [5.41, 5.74) is 0. The Morgan fingerprint density at radius 3 is 2.33 bits per heavy atom. The van der Waals surface area contributed by atoms with Gasteiger partial charge in [0, 0.05) is 19.8 Å². The Morgan fingerprint density at radius 2 is 1.83 bits per heavy atom. The zero-order valence-corrected chi connectivity index (χ0v) is 7.96. The summed E-state index contributed by atoms with van der Waals surface area (Å²) in [6.45, 7) is 3.61. The van der Waals surface area contributed by atoms with E-state index in [0.29, 0.717) is 0 Å². The van der Waals surface area contributed by atoms with Crippen molar-refractivity contribution in [3.8, 4) is 0 Å². The molecule has 0 radical (unpaired) electrons. The lowest BCUT2D eigenvalue weighted by atomic mass is 9.98. The minimum Gasteiger partial charge on any atom is -0.384 e. The second-order valence-electron chi connectivity index (χ2n) is 4.17. The van der Waals surface area contributed by atoms with Crippen LogP contribution in [-0.4, -0.2) is 37.7 Å². The van der Waals surface area contributed by atoms with Gasteiger partial charge in [0.25, 0.3) is 0 Å². The third kappa shape index (κ3) is 1.99. The van der Waals surface area contributed by atoms with Crippen molar-refractivity contribution in [1.82, 2.24) is 4.90 Å². The zero-order valence-electron chi connectivity index (χ0n) is 7.96. The minimum atomic E-state index is 0.838. The van der Waals surface area contributed by atoms with Crippen LogP contribution in [-0.2, 0) is 4.74 Å². The quantitative estimate of drug-likeness (QED) is 0.635. The maximum atomic E-state index is 5.17. The van der Waals surface area contributed by atoms with Crippen molar-refractivity contribution < 1.29 is 4.74 Å². The number of piperidine rings is 1. The summed E-state index contributed by atoms with van der Waals surface area (Å²) < 4.78 is 5.17. The van der Waals surface area contributed by atoms with E-state index in [-0.39, 0.29) is 0 Å². The van der Waals surface area contributed by atoms with E-state index in [1.807, 2.05) is 7.11 Å². The van der Waals surface area contributed by atoms with Gasteiger partial charge in [0.1, 0.15) is 0 Å². The second-order valence-corrected chi connectivity index (χ2v) is 4.17. The molecule has 0 aromatic rings. The molecule has 1 aliphatic heterocycles. The highest BCUT2D eigenvalue weighted by Crippen LogP contribution is 2.30. The lowest BCUT2D eigenvalue weighted by molar-refractivity contribution is 0.0966. The van der Waals surface area contributed by atoms with Crippen LogP contribution >= 0.6 is 0 Å². The molecule has 12 heavy (non-hydrogen) atoms. The van der Waals surface area contributed by atoms with Crippen LogP contribution in [0.1, 0.15) is 25.7 Å². The Hall–Kier alpha value is -0.0800. The lowest BCUT2D eigenvalue weighted by Gasteiger charge is -2.31. The van der Waals surface area contributed by atoms with Crippen molar-refractivity contribution in [3.05, 3.63) is 0 Å². The lowest BCUT2D eigenvalue weighted by Crippen LogP contribution is -2.36. The molecule has 2 rings (SSSR count). The molecule has 0 spiro atoms. The van der Waals surface area contributed by atoms with Crippen molar-refractivity contribution in [3.63, 3.8) is 0 Å². The standard InChI is InChI=1S/C10H19NO/c1-12-8-9-4-6-11(7-5-9)10-2-3-10/h9-10H,2-8H2,1H3. The SMILES string of the molecule is COCC1CCN(C2CC2)CC1. The number of likely N-dealkylation sites (tertiary alicyclic amines) is 1. The largest absolute Gasteiger partial charge is 0.384 e. The van der Waals surface area contributed by atoms with E-state index in [0.717, 1.165) is 18.6 Å². The van der Waals surface area contributed by atoms with Gasteiger partial charge < -0.3 is 9.64 Å². The number of rotatable bonds is 3. The van der Waals surface area contributed by atoms with Gasteiger partial charge in [0.15, 0.2) is 0 Å². The predicted octanol–water partition coefficient (Wildman–Crippen LogP) is 1.51. The molecule has 0 bridgehead atoms. The molecule has 70 valence electrons. The van der Waals surface area contributed by atoms with Crippen molar-refractivity contribution in [2.45, 2.75) is 31.7 Å². The van der Waals surface area contributed by atoms with Crippen LogP contribution in [0, 0.1) is 5.92 Å². The van der Waals surface area contributed by atoms with Crippen LogP contribution < -0.4 is 0 Å². The minimum absolute atomic E-state index is 0.838. The molecule has 1 saturated carbocycles. The van der Waals surface area contributed by atoms with Crippen molar-refractivity contribution >= 4 is 0 Å². The third-order valence-corrected chi connectivity index (χ3v) is 3.11. The molecular formula is C10H19NO. The molecule has 1 saturated heterocycles. The Balaban J connectivity index is 1.69. The Kier molecular flexibility index (Phi) is 2.66. The molecule has 0 aromatic carbocycles. The van der Waals surface area contributed by atoms with Crippen molar-refractivity contribution in [2.24, 2.45) is 5.92 Å². The van der Waals surface area contributed by atoms with E-state index < -0.39 is 0 Å². The third-order valence-electron chi connectivity index (χ3n) is 3.11. The molecule has 0 aromatic heterocycles. The molecule has 1 aliphatic carbocycles. The molecule has 0 atom stereocenters. The van der Waals surface area contributed by atoms with E-state index in [4.69, 9.17) is 4.74 Å². The molecule has 0 unspecified atom stereocenters. The Labute approximate surface area is 74.9 Å². The first-order chi connectivity index (χ1) is 5.90. The summed E-state index contributed by atoms with van der Waals surface area (Å²) in [4.78, 5) is 2.66. The van der Waals surface area contributed by atoms with Gasteiger partial charge in [-0.1, -0.05) is 0 Å². The highest BCUT2D eigenvalue weighted by atomic mass is 16.5. The molecular weight excluding hydrogens is 150 g/mol. The van der Waals surface area contributed by atoms with E-state index in [1.165, 1.54) is 38.8 Å². The number of nitrogens with zero attached hydrogens (tertiary/aromatic N) is 1. The zero-order chi connectivity index (χ0) is 8.39. The molecule has 2 nitrogen and oxygen atoms in total. The van der Waals surface area contributed by atoms with E-state index in [2.05, 4.69) is 4.90 Å². The number of hydrogen-bond donors (Lipinski definition) is 0. The summed E-state index contributed by atoms with van der Waals surface area (Å²) in [7, 11) is 1.81. The number of ether oxygens (including phenoxy) is 1. The number of methoxy groups -OCH3 is 1. The van der Waals surface area contributed by atoms with Gasteiger partial charge in [-0.2, -0.15) is 0 Å². The summed E-state index contributed by atoms with van der Waals surface area (Å²) >= 11 is 0. The van der Waals surface area contributed by atoms with Gasteiger partial charge in [-0.3, -0.25) is 0 Å². The molecule has 2 aliphatic rings. The van der Waals surface area contributed by atoms with E-state index in [1.54, 1.807) is 0 Å². The average molecular weight is 169 g/mol. The topological polar surface area (TPSA) is 12.5 Å². The van der Waals surface area contributed by atoms with Crippen LogP contribution in [0.5, 0.6) is 0 Å². The fourth-order valence-electron chi connectivity index (χ4n) is 2.16. The summed E-state index contributed by atoms with van der Waals surface area (Å²) in [5, 5.41) is 0. The summed E-state index contributed by atoms with van der Waals surface area (Å²) in [6, 6.07) is 0.966. The fraction of sp³-hybridized carbons (Fsp3) is 1.00. The molecule has 0 amide bonds. The summed E-state index contributed by atoms with van der Waals surface area (Å²) in [5.74, 6) is 0.838. The van der Waals surface area contributed by atoms with Gasteiger partial charge in [0.2, 0.25) is 0 Å². The van der Waals surface area contributed by atoms with Crippen LogP contribution in [0.4, 0.5) is 0 Å². The first kappa shape index (κ1) is 8.52. The molecule has 0 N–H and O–H groups in total. The monoisotopic (exact) mass is 169 g/mol. The average Bonchev–Trinajstić information content (AvgIpc) is 2.89. The van der Waals surface area contributed by atoms with Gasteiger partial charge in [-0.25, -0.2) is 0 Å². The van der Waals surface area contributed by atoms with Gasteiger partial charge in [-0.05, 0) is 44.7 Å². The first-order valence-corrected chi connectivity index (χ1v) is 5.13. The number of hydrogen-bond acceptors (Lipinski definition) is 2. The maximum absolute atomic E-state index is 5.17. The van der Waals surface area contributed by atoms with Crippen LogP contribution in [0.25, 0.3) is 0 Å². The highest BCUT2D eigenvalue weighted by Gasteiger charge is 2.31. The summed E-state index contributed by atoms with van der Waals surface area (Å²) in [6.07, 6.45) is 5.61. The van der Waals surface area contributed by atoms with Crippen molar-refractivity contribution in [2.75, 3.05) is 26.8 Å².